The maximum Gasteiger partial charge on any atom is 0.251 e. The second kappa shape index (κ2) is 11.4. The Kier molecular flexibility index (Phi) is 8.05. The number of rotatable bonds is 10. The van der Waals surface area contributed by atoms with E-state index >= 15 is 0 Å². The number of carbonyl (C=O) groups excluding carboxylic acids is 2. The van der Waals surface area contributed by atoms with Crippen LogP contribution in [0, 0.1) is 24.4 Å². The Morgan fingerprint density at radius 2 is 1.76 bits per heavy atom. The smallest absolute Gasteiger partial charge is 0.251 e. The summed E-state index contributed by atoms with van der Waals surface area (Å²) in [4.78, 5) is 29.6. The van der Waals surface area contributed by atoms with Crippen LogP contribution in [0.4, 0.5) is 13.2 Å². The van der Waals surface area contributed by atoms with Gasteiger partial charge in [-0.2, -0.15) is 5.10 Å². The first-order valence-electron chi connectivity index (χ1n) is 12.2. The number of aromatic nitrogens is 3. The topological polar surface area (TPSA) is 90.9 Å². The predicted molar refractivity (Wildman–Crippen MR) is 137 cm³/mol. The van der Waals surface area contributed by atoms with Crippen molar-refractivity contribution in [2.24, 2.45) is 5.73 Å². The van der Waals surface area contributed by atoms with E-state index in [1.165, 1.54) is 24.3 Å². The van der Waals surface area contributed by atoms with E-state index in [-0.39, 0.29) is 30.7 Å². The number of nitrogens with two attached hydrogens (primary N) is 1. The van der Waals surface area contributed by atoms with E-state index in [1.54, 1.807) is 23.0 Å². The molecule has 38 heavy (non-hydrogen) atoms. The lowest BCUT2D eigenvalue weighted by Gasteiger charge is -2.20. The van der Waals surface area contributed by atoms with Gasteiger partial charge in [0.1, 0.15) is 17.5 Å². The molecule has 1 atom stereocenters. The summed E-state index contributed by atoms with van der Waals surface area (Å²) in [6, 6.07) is 12.5. The van der Waals surface area contributed by atoms with Crippen LogP contribution < -0.4 is 5.73 Å². The van der Waals surface area contributed by atoms with E-state index in [2.05, 4.69) is 10.1 Å². The summed E-state index contributed by atoms with van der Waals surface area (Å²) < 4.78 is 43.8. The molecule has 0 spiro atoms. The molecular formula is C29H27F3N4O2. The van der Waals surface area contributed by atoms with E-state index in [9.17, 15) is 22.8 Å². The van der Waals surface area contributed by atoms with Gasteiger partial charge in [-0.05, 0) is 67.3 Å². The van der Waals surface area contributed by atoms with Crippen molar-refractivity contribution in [3.05, 3.63) is 106 Å². The lowest BCUT2D eigenvalue weighted by atomic mass is 9.86. The van der Waals surface area contributed by atoms with Crippen LogP contribution in [0.25, 0.3) is 11.1 Å². The molecular weight excluding hydrogens is 493 g/mol. The molecule has 0 unspecified atom stereocenters. The van der Waals surface area contributed by atoms with Gasteiger partial charge >= 0.3 is 0 Å². The summed E-state index contributed by atoms with van der Waals surface area (Å²) >= 11 is 0. The molecule has 2 aromatic heterocycles. The number of hydrogen-bond donors (Lipinski definition) is 1. The molecule has 0 bridgehead atoms. The molecule has 0 radical (unpaired) electrons. The van der Waals surface area contributed by atoms with Crippen LogP contribution in [0.3, 0.4) is 0 Å². The number of halogens is 3. The molecule has 196 valence electrons. The molecule has 0 aliphatic rings. The molecule has 0 aliphatic carbocycles. The maximum atomic E-state index is 14.2. The Morgan fingerprint density at radius 1 is 1.03 bits per heavy atom. The van der Waals surface area contributed by atoms with Crippen molar-refractivity contribution in [3.63, 3.8) is 0 Å². The largest absolute Gasteiger partial charge is 0.366 e. The summed E-state index contributed by atoms with van der Waals surface area (Å²) in [5, 5.41) is 4.41. The van der Waals surface area contributed by atoms with Gasteiger partial charge in [0.25, 0.3) is 5.91 Å². The quantitative estimate of drug-likeness (QED) is 0.307. The fourth-order valence-corrected chi connectivity index (χ4v) is 4.67. The van der Waals surface area contributed by atoms with E-state index < -0.39 is 29.3 Å². The van der Waals surface area contributed by atoms with Crippen LogP contribution >= 0.6 is 0 Å². The number of amides is 1. The molecule has 0 saturated heterocycles. The van der Waals surface area contributed by atoms with Crippen molar-refractivity contribution in [2.75, 3.05) is 0 Å². The third kappa shape index (κ3) is 6.16. The van der Waals surface area contributed by atoms with Crippen LogP contribution in [-0.4, -0.2) is 26.5 Å². The minimum Gasteiger partial charge on any atom is -0.366 e. The van der Waals surface area contributed by atoms with Crippen molar-refractivity contribution in [1.82, 2.24) is 14.8 Å². The number of pyridine rings is 1. The second-order valence-electron chi connectivity index (χ2n) is 9.20. The van der Waals surface area contributed by atoms with Gasteiger partial charge in [-0.15, -0.1) is 0 Å². The molecule has 0 fully saturated rings. The monoisotopic (exact) mass is 520 g/mol. The minimum atomic E-state index is -0.919. The lowest BCUT2D eigenvalue weighted by molar-refractivity contribution is -0.120. The summed E-state index contributed by atoms with van der Waals surface area (Å²) in [6.07, 6.45) is 2.38. The van der Waals surface area contributed by atoms with Crippen LogP contribution in [0.5, 0.6) is 0 Å². The Labute approximate surface area is 218 Å². The van der Waals surface area contributed by atoms with Gasteiger partial charge in [-0.3, -0.25) is 19.3 Å². The first kappa shape index (κ1) is 26.8. The molecule has 2 heterocycles. The first-order chi connectivity index (χ1) is 18.1. The van der Waals surface area contributed by atoms with Crippen molar-refractivity contribution >= 4 is 11.7 Å². The van der Waals surface area contributed by atoms with Crippen LogP contribution in [0.15, 0.2) is 60.8 Å². The Bertz CT molecular complexity index is 1480. The average molecular weight is 521 g/mol. The molecule has 0 saturated carbocycles. The van der Waals surface area contributed by atoms with Gasteiger partial charge in [0.2, 0.25) is 0 Å². The highest BCUT2D eigenvalue weighted by molar-refractivity contribution is 5.94. The predicted octanol–water partition coefficient (Wildman–Crippen LogP) is 5.32. The van der Waals surface area contributed by atoms with Crippen molar-refractivity contribution < 1.29 is 22.8 Å². The van der Waals surface area contributed by atoms with Crippen molar-refractivity contribution in [1.29, 1.82) is 0 Å². The average Bonchev–Trinajstić information content (AvgIpc) is 3.22. The number of carbonyl (C=O) groups is 2. The molecule has 2 aromatic carbocycles. The van der Waals surface area contributed by atoms with Gasteiger partial charge in [-0.1, -0.05) is 19.1 Å². The fraction of sp³-hybridized carbons (Fsp3) is 0.241. The number of aryl methyl sites for hydroxylation is 2. The first-order valence-corrected chi connectivity index (χ1v) is 12.2. The summed E-state index contributed by atoms with van der Waals surface area (Å²) in [5.74, 6) is -3.85. The molecule has 9 heteroatoms. The van der Waals surface area contributed by atoms with E-state index in [1.807, 2.05) is 19.9 Å². The number of primary amides is 1. The zero-order valence-corrected chi connectivity index (χ0v) is 21.0. The Morgan fingerprint density at radius 3 is 2.45 bits per heavy atom. The minimum absolute atomic E-state index is 0.00801. The Hall–Kier alpha value is -4.27. The Balaban J connectivity index is 1.74. The number of hydrogen-bond acceptors (Lipinski definition) is 4. The van der Waals surface area contributed by atoms with E-state index in [0.29, 0.717) is 28.8 Å². The molecule has 4 aromatic rings. The third-order valence-corrected chi connectivity index (χ3v) is 6.32. The van der Waals surface area contributed by atoms with Crippen molar-refractivity contribution in [3.8, 4) is 11.1 Å². The second-order valence-corrected chi connectivity index (χ2v) is 9.20. The van der Waals surface area contributed by atoms with Crippen LogP contribution in [0.1, 0.15) is 52.3 Å². The lowest BCUT2D eigenvalue weighted by Crippen LogP contribution is -2.19. The highest BCUT2D eigenvalue weighted by Crippen LogP contribution is 2.33. The number of Topliss-reactive ketones (excluding diaryl/α,β-unsaturated/α-hetero) is 1. The van der Waals surface area contributed by atoms with Gasteiger partial charge in [0.15, 0.2) is 5.78 Å². The summed E-state index contributed by atoms with van der Waals surface area (Å²) in [7, 11) is 0. The summed E-state index contributed by atoms with van der Waals surface area (Å²) in [6.45, 7) is 3.86. The van der Waals surface area contributed by atoms with E-state index in [0.717, 1.165) is 23.5 Å². The number of benzene rings is 2. The number of ketones is 1. The summed E-state index contributed by atoms with van der Waals surface area (Å²) in [5.41, 5.74) is 8.63. The van der Waals surface area contributed by atoms with Crippen LogP contribution in [0.2, 0.25) is 0 Å². The number of nitrogens with zero attached hydrogens (tertiary/aromatic N) is 3. The molecule has 0 aliphatic heterocycles. The van der Waals surface area contributed by atoms with Gasteiger partial charge < -0.3 is 5.73 Å². The third-order valence-electron chi connectivity index (χ3n) is 6.32. The van der Waals surface area contributed by atoms with Gasteiger partial charge in [0, 0.05) is 35.9 Å². The standard InChI is InChI=1S/C29H27F3N4O2/c1-3-23-9-17(2)35-36(23)16-24(37)13-20(10-18-11-21(30)15-22(31)12-18)28-25(5-4-8-34-28)19-6-7-27(32)26(14-19)29(33)38/h4-9,11-12,14-15,20H,3,10,13,16H2,1-2H3,(H2,33,38)/t20-/m1/s1. The van der Waals surface area contributed by atoms with Gasteiger partial charge in [0.05, 0.1) is 23.5 Å². The highest BCUT2D eigenvalue weighted by Gasteiger charge is 2.24. The SMILES string of the molecule is CCc1cc(C)nn1CC(=O)C[C@@H](Cc1cc(F)cc(F)c1)c1ncccc1-c1ccc(F)c(C(N)=O)c1. The van der Waals surface area contributed by atoms with Crippen LogP contribution in [-0.2, 0) is 24.2 Å². The molecule has 2 N–H and O–H groups in total. The van der Waals surface area contributed by atoms with Crippen molar-refractivity contribution in [2.45, 2.75) is 45.6 Å². The fourth-order valence-electron chi connectivity index (χ4n) is 4.67. The molecule has 1 amide bonds. The zero-order chi connectivity index (χ0) is 27.4. The van der Waals surface area contributed by atoms with E-state index in [4.69, 9.17) is 5.73 Å². The molecule has 4 rings (SSSR count). The highest BCUT2D eigenvalue weighted by atomic mass is 19.1. The van der Waals surface area contributed by atoms with Gasteiger partial charge in [-0.25, -0.2) is 13.2 Å². The molecule has 6 nitrogen and oxygen atoms in total. The normalized spacial score (nSPS) is 11.9. The zero-order valence-electron chi connectivity index (χ0n) is 21.0. The maximum absolute atomic E-state index is 14.2.